The number of likely N-dealkylation sites (tertiary alicyclic amines) is 1. The zero-order valence-corrected chi connectivity index (χ0v) is 12.0. The molecule has 0 amide bonds. The minimum Gasteiger partial charge on any atom is -0.316 e. The smallest absolute Gasteiger partial charge is 0.00505 e. The van der Waals surface area contributed by atoms with Crippen molar-refractivity contribution < 1.29 is 0 Å². The summed E-state index contributed by atoms with van der Waals surface area (Å²) in [6, 6.07) is 0. The summed E-state index contributed by atoms with van der Waals surface area (Å²) in [4.78, 5) is 2.73. The molecular weight excluding hydrogens is 208 g/mol. The topological polar surface area (TPSA) is 15.3 Å². The van der Waals surface area contributed by atoms with Crippen LogP contribution in [-0.2, 0) is 0 Å². The largest absolute Gasteiger partial charge is 0.316 e. The van der Waals surface area contributed by atoms with E-state index in [1.165, 1.54) is 64.8 Å². The molecule has 0 aromatic heterocycles. The molecule has 2 saturated heterocycles. The van der Waals surface area contributed by atoms with Gasteiger partial charge in [0.25, 0.3) is 0 Å². The summed E-state index contributed by atoms with van der Waals surface area (Å²) in [5.41, 5.74) is 1.21. The van der Waals surface area contributed by atoms with Gasteiger partial charge in [-0.15, -0.1) is 0 Å². The molecule has 2 heterocycles. The Morgan fingerprint density at radius 3 is 2.24 bits per heavy atom. The molecule has 2 rings (SSSR count). The Morgan fingerprint density at radius 1 is 1.06 bits per heavy atom. The molecule has 0 aromatic rings. The van der Waals surface area contributed by atoms with Crippen LogP contribution in [0.25, 0.3) is 0 Å². The number of nitrogens with zero attached hydrogens (tertiary/aromatic N) is 1. The maximum atomic E-state index is 3.55. The minimum atomic E-state index is 0.583. The van der Waals surface area contributed by atoms with E-state index >= 15 is 0 Å². The molecule has 0 saturated carbocycles. The van der Waals surface area contributed by atoms with E-state index in [0.717, 1.165) is 0 Å². The molecule has 0 radical (unpaired) electrons. The van der Waals surface area contributed by atoms with Gasteiger partial charge in [-0.05, 0) is 56.1 Å². The van der Waals surface area contributed by atoms with Gasteiger partial charge in [-0.3, -0.25) is 0 Å². The number of piperidine rings is 1. The summed E-state index contributed by atoms with van der Waals surface area (Å²) in [6.45, 7) is 13.6. The van der Waals surface area contributed by atoms with E-state index in [-0.39, 0.29) is 0 Å². The van der Waals surface area contributed by atoms with Gasteiger partial charge in [0.05, 0.1) is 0 Å². The molecule has 0 bridgehead atoms. The molecule has 2 heteroatoms. The van der Waals surface area contributed by atoms with Gasteiger partial charge in [0.15, 0.2) is 0 Å². The van der Waals surface area contributed by atoms with E-state index in [1.54, 1.807) is 0 Å². The highest BCUT2D eigenvalue weighted by molar-refractivity contribution is 4.91. The Labute approximate surface area is 107 Å². The summed E-state index contributed by atoms with van der Waals surface area (Å²) in [7, 11) is 0. The lowest BCUT2D eigenvalue weighted by molar-refractivity contribution is 0.0759. The second-order valence-electron chi connectivity index (χ2n) is 6.72. The quantitative estimate of drug-likeness (QED) is 0.810. The van der Waals surface area contributed by atoms with E-state index < -0.39 is 0 Å². The van der Waals surface area contributed by atoms with Crippen molar-refractivity contribution in [1.29, 1.82) is 0 Å². The van der Waals surface area contributed by atoms with Crippen molar-refractivity contribution in [3.63, 3.8) is 0 Å². The molecule has 1 N–H and O–H groups in total. The maximum absolute atomic E-state index is 3.55. The van der Waals surface area contributed by atoms with Gasteiger partial charge in [-0.1, -0.05) is 27.2 Å². The van der Waals surface area contributed by atoms with Gasteiger partial charge >= 0.3 is 0 Å². The number of hydrogen-bond donors (Lipinski definition) is 1. The average Bonchev–Trinajstić information content (AvgIpc) is 2.82. The fraction of sp³-hybridized carbons (Fsp3) is 1.00. The van der Waals surface area contributed by atoms with Crippen LogP contribution in [-0.4, -0.2) is 37.6 Å². The van der Waals surface area contributed by atoms with Crippen molar-refractivity contribution in [3.05, 3.63) is 0 Å². The maximum Gasteiger partial charge on any atom is 0.00505 e. The first-order valence-corrected chi connectivity index (χ1v) is 7.54. The SMILES string of the molecule is CCC1(C)CCN(CC2(CC)CCNC2)CC1. The van der Waals surface area contributed by atoms with Crippen molar-refractivity contribution in [2.24, 2.45) is 10.8 Å². The van der Waals surface area contributed by atoms with E-state index in [1.807, 2.05) is 0 Å². The molecule has 100 valence electrons. The Kier molecular flexibility index (Phi) is 4.14. The van der Waals surface area contributed by atoms with Gasteiger partial charge in [0.1, 0.15) is 0 Å². The molecule has 0 aromatic carbocycles. The molecule has 0 spiro atoms. The average molecular weight is 238 g/mol. The zero-order chi connectivity index (χ0) is 12.4. The van der Waals surface area contributed by atoms with Crippen molar-refractivity contribution in [1.82, 2.24) is 10.2 Å². The van der Waals surface area contributed by atoms with Crippen LogP contribution < -0.4 is 5.32 Å². The normalized spacial score (nSPS) is 34.1. The Balaban J connectivity index is 1.85. The Hall–Kier alpha value is -0.0800. The summed E-state index contributed by atoms with van der Waals surface area (Å²) in [5, 5.41) is 3.55. The number of hydrogen-bond acceptors (Lipinski definition) is 2. The molecular formula is C15H30N2. The summed E-state index contributed by atoms with van der Waals surface area (Å²) in [5.74, 6) is 0. The van der Waals surface area contributed by atoms with Crippen molar-refractivity contribution in [2.75, 3.05) is 32.7 Å². The van der Waals surface area contributed by atoms with Crippen LogP contribution in [0.1, 0.15) is 52.9 Å². The van der Waals surface area contributed by atoms with Crippen molar-refractivity contribution in [2.45, 2.75) is 52.9 Å². The monoisotopic (exact) mass is 238 g/mol. The fourth-order valence-corrected chi connectivity index (χ4v) is 3.42. The van der Waals surface area contributed by atoms with Crippen molar-refractivity contribution >= 4 is 0 Å². The van der Waals surface area contributed by atoms with Gasteiger partial charge in [0.2, 0.25) is 0 Å². The molecule has 1 atom stereocenters. The fourth-order valence-electron chi connectivity index (χ4n) is 3.42. The van der Waals surface area contributed by atoms with E-state index in [2.05, 4.69) is 31.0 Å². The Bertz CT molecular complexity index is 235. The van der Waals surface area contributed by atoms with Gasteiger partial charge in [-0.2, -0.15) is 0 Å². The third kappa shape index (κ3) is 3.03. The second kappa shape index (κ2) is 5.27. The lowest BCUT2D eigenvalue weighted by Crippen LogP contribution is -2.45. The lowest BCUT2D eigenvalue weighted by atomic mass is 9.77. The highest BCUT2D eigenvalue weighted by Crippen LogP contribution is 2.36. The van der Waals surface area contributed by atoms with Crippen LogP contribution in [0.5, 0.6) is 0 Å². The van der Waals surface area contributed by atoms with Gasteiger partial charge in [0, 0.05) is 13.1 Å². The predicted octanol–water partition coefficient (Wildman–Crippen LogP) is 2.89. The van der Waals surface area contributed by atoms with Crippen LogP contribution in [0, 0.1) is 10.8 Å². The summed E-state index contributed by atoms with van der Waals surface area (Å²) < 4.78 is 0. The molecule has 0 aliphatic carbocycles. The molecule has 2 fully saturated rings. The predicted molar refractivity (Wildman–Crippen MR) is 74.3 cm³/mol. The molecule has 2 aliphatic rings. The van der Waals surface area contributed by atoms with E-state index in [0.29, 0.717) is 10.8 Å². The number of rotatable bonds is 4. The van der Waals surface area contributed by atoms with E-state index in [4.69, 9.17) is 0 Å². The first-order chi connectivity index (χ1) is 8.11. The van der Waals surface area contributed by atoms with Crippen LogP contribution in [0.15, 0.2) is 0 Å². The Morgan fingerprint density at radius 2 is 1.76 bits per heavy atom. The minimum absolute atomic E-state index is 0.583. The van der Waals surface area contributed by atoms with E-state index in [9.17, 15) is 0 Å². The third-order valence-corrected chi connectivity index (χ3v) is 5.56. The zero-order valence-electron chi connectivity index (χ0n) is 12.0. The second-order valence-corrected chi connectivity index (χ2v) is 6.72. The first kappa shape index (κ1) is 13.4. The summed E-state index contributed by atoms with van der Waals surface area (Å²) in [6.07, 6.45) is 6.86. The first-order valence-electron chi connectivity index (χ1n) is 7.54. The lowest BCUT2D eigenvalue weighted by Gasteiger charge is -2.42. The molecule has 2 nitrogen and oxygen atoms in total. The van der Waals surface area contributed by atoms with Crippen LogP contribution in [0.3, 0.4) is 0 Å². The van der Waals surface area contributed by atoms with Crippen LogP contribution >= 0.6 is 0 Å². The third-order valence-electron chi connectivity index (χ3n) is 5.56. The van der Waals surface area contributed by atoms with Gasteiger partial charge in [-0.25, -0.2) is 0 Å². The van der Waals surface area contributed by atoms with Crippen LogP contribution in [0.4, 0.5) is 0 Å². The number of nitrogens with one attached hydrogen (secondary N) is 1. The van der Waals surface area contributed by atoms with Crippen molar-refractivity contribution in [3.8, 4) is 0 Å². The summed E-state index contributed by atoms with van der Waals surface area (Å²) >= 11 is 0. The highest BCUT2D eigenvalue weighted by Gasteiger charge is 2.36. The van der Waals surface area contributed by atoms with Gasteiger partial charge < -0.3 is 10.2 Å². The molecule has 2 aliphatic heterocycles. The standard InChI is InChI=1S/C15H30N2/c1-4-14(3)7-10-17(11-8-14)13-15(5-2)6-9-16-12-15/h16H,4-13H2,1-3H3. The molecule has 1 unspecified atom stereocenters. The van der Waals surface area contributed by atoms with Crippen LogP contribution in [0.2, 0.25) is 0 Å². The highest BCUT2D eigenvalue weighted by atomic mass is 15.1. The molecule has 17 heavy (non-hydrogen) atoms.